The van der Waals surface area contributed by atoms with Gasteiger partial charge < -0.3 is 4.74 Å². The van der Waals surface area contributed by atoms with Gasteiger partial charge in [-0.05, 0) is 12.2 Å². The van der Waals surface area contributed by atoms with Gasteiger partial charge in [-0.15, -0.1) is 0 Å². The van der Waals surface area contributed by atoms with Crippen molar-refractivity contribution in [2.24, 2.45) is 0 Å². The minimum Gasteiger partial charge on any atom is -0.483 e. The molecule has 0 spiro atoms. The van der Waals surface area contributed by atoms with Gasteiger partial charge in [0.1, 0.15) is 0 Å². The Bertz CT molecular complexity index is 321. The van der Waals surface area contributed by atoms with Gasteiger partial charge in [-0.1, -0.05) is 30.3 Å². The van der Waals surface area contributed by atoms with E-state index in [9.17, 15) is 13.2 Å². The first-order chi connectivity index (χ1) is 6.99. The number of benzene rings is 1. The van der Waals surface area contributed by atoms with Crippen LogP contribution in [0.1, 0.15) is 12.0 Å². The molecule has 0 atom stereocenters. The normalized spacial score (nSPS) is 11.1. The van der Waals surface area contributed by atoms with Gasteiger partial charge >= 0.3 is 6.18 Å². The van der Waals surface area contributed by atoms with Gasteiger partial charge in [0.05, 0.1) is 13.0 Å². The Labute approximate surface area is 90.9 Å². The number of hydrogen-bond donors (Lipinski definition) is 0. The van der Waals surface area contributed by atoms with Gasteiger partial charge in [-0.2, -0.15) is 13.2 Å². The molecule has 82 valence electrons. The third kappa shape index (κ3) is 4.78. The first-order valence-electron chi connectivity index (χ1n) is 4.28. The molecule has 15 heavy (non-hydrogen) atoms. The zero-order valence-electron chi connectivity index (χ0n) is 7.75. The van der Waals surface area contributed by atoms with Crippen LogP contribution in [0.4, 0.5) is 13.2 Å². The highest BCUT2D eigenvalue weighted by atomic mass is 32.1. The second kappa shape index (κ2) is 5.11. The lowest BCUT2D eigenvalue weighted by atomic mass is 10.2. The summed E-state index contributed by atoms with van der Waals surface area (Å²) in [4.78, 5) is 0. The van der Waals surface area contributed by atoms with E-state index in [4.69, 9.17) is 17.0 Å². The molecule has 0 fully saturated rings. The SMILES string of the molecule is FC(F)(F)CCOC(=S)c1ccccc1. The Morgan fingerprint density at radius 1 is 1.20 bits per heavy atom. The molecular formula is C10H9F3OS. The molecule has 1 nitrogen and oxygen atoms in total. The molecule has 0 N–H and O–H groups in total. The number of halogens is 3. The van der Waals surface area contributed by atoms with Gasteiger partial charge in [0.15, 0.2) is 5.05 Å². The highest BCUT2D eigenvalue weighted by Gasteiger charge is 2.27. The topological polar surface area (TPSA) is 9.23 Å². The summed E-state index contributed by atoms with van der Waals surface area (Å²) in [6.07, 6.45) is -5.19. The molecule has 0 aliphatic heterocycles. The fraction of sp³-hybridized carbons (Fsp3) is 0.300. The molecular weight excluding hydrogens is 225 g/mol. The maximum atomic E-state index is 11.8. The number of thiocarbonyl (C=S) groups is 1. The molecule has 0 aliphatic rings. The van der Waals surface area contributed by atoms with Crippen molar-refractivity contribution in [3.8, 4) is 0 Å². The average Bonchev–Trinajstić information content (AvgIpc) is 2.17. The van der Waals surface area contributed by atoms with E-state index in [1.54, 1.807) is 30.3 Å². The van der Waals surface area contributed by atoms with Crippen LogP contribution in [0.2, 0.25) is 0 Å². The molecule has 1 rings (SSSR count). The number of rotatable bonds is 3. The zero-order chi connectivity index (χ0) is 11.3. The van der Waals surface area contributed by atoms with E-state index in [1.165, 1.54) is 0 Å². The summed E-state index contributed by atoms with van der Waals surface area (Å²) >= 11 is 4.82. The lowest BCUT2D eigenvalue weighted by Gasteiger charge is -2.09. The van der Waals surface area contributed by atoms with Crippen molar-refractivity contribution in [3.63, 3.8) is 0 Å². The summed E-state index contributed by atoms with van der Waals surface area (Å²) in [5.41, 5.74) is 0.620. The van der Waals surface area contributed by atoms with Crippen molar-refractivity contribution in [3.05, 3.63) is 35.9 Å². The van der Waals surface area contributed by atoms with Gasteiger partial charge in [0, 0.05) is 5.56 Å². The van der Waals surface area contributed by atoms with E-state index in [2.05, 4.69) is 0 Å². The second-order valence-corrected chi connectivity index (χ2v) is 3.24. The van der Waals surface area contributed by atoms with E-state index in [0.717, 1.165) is 0 Å². The van der Waals surface area contributed by atoms with Crippen LogP contribution < -0.4 is 0 Å². The summed E-state index contributed by atoms with van der Waals surface area (Å²) in [5.74, 6) is 0. The van der Waals surface area contributed by atoms with Crippen molar-refractivity contribution in [2.45, 2.75) is 12.6 Å². The van der Waals surface area contributed by atoms with E-state index in [1.807, 2.05) is 0 Å². The molecule has 1 aromatic carbocycles. The van der Waals surface area contributed by atoms with E-state index in [-0.39, 0.29) is 5.05 Å². The van der Waals surface area contributed by atoms with Crippen LogP contribution >= 0.6 is 12.2 Å². The highest BCUT2D eigenvalue weighted by molar-refractivity contribution is 7.80. The largest absolute Gasteiger partial charge is 0.483 e. The Morgan fingerprint density at radius 3 is 2.33 bits per heavy atom. The van der Waals surface area contributed by atoms with Gasteiger partial charge in [0.25, 0.3) is 0 Å². The molecule has 5 heteroatoms. The Balaban J connectivity index is 2.38. The molecule has 0 saturated heterocycles. The molecule has 0 unspecified atom stereocenters. The predicted octanol–water partition coefficient (Wildman–Crippen LogP) is 3.33. The summed E-state index contributed by atoms with van der Waals surface area (Å²) in [6.45, 7) is -0.433. The maximum absolute atomic E-state index is 11.8. The average molecular weight is 234 g/mol. The lowest BCUT2D eigenvalue weighted by Crippen LogP contribution is -2.14. The molecule has 0 aromatic heterocycles. The fourth-order valence-corrected chi connectivity index (χ4v) is 1.14. The monoisotopic (exact) mass is 234 g/mol. The van der Waals surface area contributed by atoms with Crippen molar-refractivity contribution in [2.75, 3.05) is 6.61 Å². The molecule has 0 bridgehead atoms. The second-order valence-electron chi connectivity index (χ2n) is 2.87. The summed E-state index contributed by atoms with van der Waals surface area (Å²) in [6, 6.07) is 8.66. The first-order valence-corrected chi connectivity index (χ1v) is 4.69. The first kappa shape index (κ1) is 12.0. The lowest BCUT2D eigenvalue weighted by molar-refractivity contribution is -0.140. The smallest absolute Gasteiger partial charge is 0.392 e. The number of alkyl halides is 3. The summed E-state index contributed by atoms with van der Waals surface area (Å²) < 4.78 is 40.2. The molecule has 0 heterocycles. The minimum absolute atomic E-state index is 0.0971. The minimum atomic E-state index is -4.20. The summed E-state index contributed by atoms with van der Waals surface area (Å²) in [7, 11) is 0. The maximum Gasteiger partial charge on any atom is 0.392 e. The van der Waals surface area contributed by atoms with E-state index < -0.39 is 19.2 Å². The quantitative estimate of drug-likeness (QED) is 0.742. The van der Waals surface area contributed by atoms with Crippen LogP contribution in [0.3, 0.4) is 0 Å². The van der Waals surface area contributed by atoms with Crippen molar-refractivity contribution in [1.82, 2.24) is 0 Å². The third-order valence-corrected chi connectivity index (χ3v) is 1.98. The predicted molar refractivity (Wildman–Crippen MR) is 54.8 cm³/mol. The highest BCUT2D eigenvalue weighted by Crippen LogP contribution is 2.19. The van der Waals surface area contributed by atoms with Crippen LogP contribution in [0, 0.1) is 0 Å². The Morgan fingerprint density at radius 2 is 1.80 bits per heavy atom. The third-order valence-electron chi connectivity index (χ3n) is 1.63. The summed E-state index contributed by atoms with van der Waals surface area (Å²) in [5, 5.41) is 0.0971. The standard InChI is InChI=1S/C10H9F3OS/c11-10(12,13)6-7-14-9(15)8-4-2-1-3-5-8/h1-5H,6-7H2. The molecule has 0 saturated carbocycles. The van der Waals surface area contributed by atoms with E-state index in [0.29, 0.717) is 5.56 Å². The zero-order valence-corrected chi connectivity index (χ0v) is 8.57. The van der Waals surface area contributed by atoms with Crippen LogP contribution in [0.15, 0.2) is 30.3 Å². The Hall–Kier alpha value is -1.10. The fourth-order valence-electron chi connectivity index (χ4n) is 0.917. The van der Waals surface area contributed by atoms with Crippen molar-refractivity contribution >= 4 is 17.3 Å². The van der Waals surface area contributed by atoms with Gasteiger partial charge in [0.2, 0.25) is 0 Å². The van der Waals surface area contributed by atoms with Crippen molar-refractivity contribution in [1.29, 1.82) is 0 Å². The van der Waals surface area contributed by atoms with Gasteiger partial charge in [-0.3, -0.25) is 0 Å². The van der Waals surface area contributed by atoms with E-state index >= 15 is 0 Å². The van der Waals surface area contributed by atoms with Gasteiger partial charge in [-0.25, -0.2) is 0 Å². The number of ether oxygens (including phenoxy) is 1. The molecule has 0 aliphatic carbocycles. The Kier molecular flexibility index (Phi) is 4.08. The van der Waals surface area contributed by atoms with Crippen LogP contribution in [0.25, 0.3) is 0 Å². The number of hydrogen-bond acceptors (Lipinski definition) is 2. The molecule has 1 aromatic rings. The van der Waals surface area contributed by atoms with Crippen LogP contribution in [-0.4, -0.2) is 17.8 Å². The van der Waals surface area contributed by atoms with Crippen LogP contribution in [0.5, 0.6) is 0 Å². The molecule has 0 radical (unpaired) electrons. The molecule has 0 amide bonds. The van der Waals surface area contributed by atoms with Crippen LogP contribution in [-0.2, 0) is 4.74 Å². The van der Waals surface area contributed by atoms with Crippen molar-refractivity contribution < 1.29 is 17.9 Å².